The molecule has 0 saturated heterocycles. The molecule has 1 N–H and O–H groups in total. The highest BCUT2D eigenvalue weighted by molar-refractivity contribution is 7.98. The van der Waals surface area contributed by atoms with Crippen LogP contribution in [0.25, 0.3) is 0 Å². The molecule has 0 bridgehead atoms. The molecule has 0 radical (unpaired) electrons. The number of anilines is 1. The Hall–Kier alpha value is -3.50. The largest absolute Gasteiger partial charge is 0.494 e. The van der Waals surface area contributed by atoms with Crippen molar-refractivity contribution in [3.05, 3.63) is 83.9 Å². The van der Waals surface area contributed by atoms with Crippen molar-refractivity contribution < 1.29 is 22.7 Å². The van der Waals surface area contributed by atoms with Gasteiger partial charge in [-0.3, -0.25) is 13.9 Å². The summed E-state index contributed by atoms with van der Waals surface area (Å²) in [6.07, 6.45) is 1.91. The van der Waals surface area contributed by atoms with E-state index in [0.717, 1.165) is 20.3 Å². The van der Waals surface area contributed by atoms with Crippen LogP contribution in [-0.2, 0) is 26.2 Å². The van der Waals surface area contributed by atoms with E-state index in [1.54, 1.807) is 43.3 Å². The second-order valence-electron chi connectivity index (χ2n) is 8.91. The number of hydrogen-bond donors (Lipinski definition) is 1. The van der Waals surface area contributed by atoms with E-state index < -0.39 is 28.5 Å². The Labute approximate surface area is 235 Å². The van der Waals surface area contributed by atoms with Crippen LogP contribution >= 0.6 is 11.8 Å². The highest BCUT2D eigenvalue weighted by atomic mass is 32.2. The first kappa shape index (κ1) is 30.0. The van der Waals surface area contributed by atoms with Crippen LogP contribution in [0.4, 0.5) is 5.69 Å². The van der Waals surface area contributed by atoms with Gasteiger partial charge in [0.15, 0.2) is 0 Å². The number of hydrogen-bond acceptors (Lipinski definition) is 6. The van der Waals surface area contributed by atoms with Gasteiger partial charge in [0.25, 0.3) is 10.0 Å². The fourth-order valence-corrected chi connectivity index (χ4v) is 5.78. The van der Waals surface area contributed by atoms with Crippen molar-refractivity contribution in [1.82, 2.24) is 10.2 Å². The summed E-state index contributed by atoms with van der Waals surface area (Å²) < 4.78 is 34.4. The standard InChI is InChI=1S/C29H35N3O5S2/c1-6-37-25-13-11-24(12-14-25)32(39(35,36)27-17-15-26(38-5)16-18-27)20-28(33)31(22(3)29(34)30-4)19-23-9-7-21(2)8-10-23/h7-18,22H,6,19-20H2,1-5H3,(H,30,34)/t22-/m0/s1. The van der Waals surface area contributed by atoms with Gasteiger partial charge >= 0.3 is 0 Å². The third-order valence-corrected chi connectivity index (χ3v) is 8.78. The van der Waals surface area contributed by atoms with Crippen molar-refractivity contribution in [2.75, 3.05) is 30.8 Å². The number of amides is 2. The zero-order valence-corrected chi connectivity index (χ0v) is 24.5. The van der Waals surface area contributed by atoms with E-state index >= 15 is 0 Å². The molecule has 0 heterocycles. The van der Waals surface area contributed by atoms with Crippen LogP contribution in [0.1, 0.15) is 25.0 Å². The van der Waals surface area contributed by atoms with Gasteiger partial charge in [-0.1, -0.05) is 29.8 Å². The van der Waals surface area contributed by atoms with Crippen LogP contribution < -0.4 is 14.4 Å². The van der Waals surface area contributed by atoms with Crippen LogP contribution in [-0.4, -0.2) is 57.6 Å². The predicted octanol–water partition coefficient (Wildman–Crippen LogP) is 4.47. The van der Waals surface area contributed by atoms with Gasteiger partial charge in [0.1, 0.15) is 18.3 Å². The van der Waals surface area contributed by atoms with Gasteiger partial charge in [0.05, 0.1) is 17.2 Å². The Morgan fingerprint density at radius 1 is 0.974 bits per heavy atom. The number of carbonyl (C=O) groups excluding carboxylic acids is 2. The topological polar surface area (TPSA) is 96.0 Å². The maximum atomic E-state index is 13.9. The van der Waals surface area contributed by atoms with Gasteiger partial charge < -0.3 is 15.0 Å². The van der Waals surface area contributed by atoms with Gasteiger partial charge in [0, 0.05) is 18.5 Å². The average Bonchev–Trinajstić information content (AvgIpc) is 2.95. The molecule has 208 valence electrons. The van der Waals surface area contributed by atoms with Crippen molar-refractivity contribution in [3.63, 3.8) is 0 Å². The highest BCUT2D eigenvalue weighted by Crippen LogP contribution is 2.28. The quantitative estimate of drug-likeness (QED) is 0.323. The van der Waals surface area contributed by atoms with E-state index in [0.29, 0.717) is 18.0 Å². The number of ether oxygens (including phenoxy) is 1. The molecule has 0 aliphatic rings. The van der Waals surface area contributed by atoms with Crippen LogP contribution in [0.2, 0.25) is 0 Å². The first-order chi connectivity index (χ1) is 18.6. The second kappa shape index (κ2) is 13.5. The van der Waals surface area contributed by atoms with Gasteiger partial charge in [-0.25, -0.2) is 8.42 Å². The molecule has 0 unspecified atom stereocenters. The average molecular weight is 570 g/mol. The Balaban J connectivity index is 2.02. The number of aryl methyl sites for hydroxylation is 1. The summed E-state index contributed by atoms with van der Waals surface area (Å²) in [5.74, 6) is -0.271. The number of likely N-dealkylation sites (N-methyl/N-ethyl adjacent to an activating group) is 1. The SMILES string of the molecule is CCOc1ccc(N(CC(=O)N(Cc2ccc(C)cc2)[C@@H](C)C(=O)NC)S(=O)(=O)c2ccc(SC)cc2)cc1. The number of carbonyl (C=O) groups is 2. The monoisotopic (exact) mass is 569 g/mol. The Morgan fingerprint density at radius 2 is 1.59 bits per heavy atom. The lowest BCUT2D eigenvalue weighted by atomic mass is 10.1. The van der Waals surface area contributed by atoms with Crippen LogP contribution in [0.3, 0.4) is 0 Å². The Kier molecular flexibility index (Phi) is 10.4. The smallest absolute Gasteiger partial charge is 0.264 e. The molecule has 10 heteroatoms. The van der Waals surface area contributed by atoms with Gasteiger partial charge in [0.2, 0.25) is 11.8 Å². The number of benzene rings is 3. The lowest BCUT2D eigenvalue weighted by Crippen LogP contribution is -2.50. The molecular formula is C29H35N3O5S2. The van der Waals surface area contributed by atoms with E-state index in [-0.39, 0.29) is 17.3 Å². The van der Waals surface area contributed by atoms with Crippen LogP contribution in [0, 0.1) is 6.92 Å². The molecule has 3 aromatic carbocycles. The van der Waals surface area contributed by atoms with E-state index in [2.05, 4.69) is 5.32 Å². The van der Waals surface area contributed by atoms with E-state index in [4.69, 9.17) is 4.74 Å². The lowest BCUT2D eigenvalue weighted by molar-refractivity contribution is -0.139. The Morgan fingerprint density at radius 3 is 2.13 bits per heavy atom. The summed E-state index contributed by atoms with van der Waals surface area (Å²) in [6.45, 7) is 5.57. The second-order valence-corrected chi connectivity index (χ2v) is 11.7. The van der Waals surface area contributed by atoms with Crippen molar-refractivity contribution in [2.45, 2.75) is 43.1 Å². The van der Waals surface area contributed by atoms with Crippen molar-refractivity contribution in [3.8, 4) is 5.75 Å². The molecule has 0 aliphatic carbocycles. The first-order valence-corrected chi connectivity index (χ1v) is 15.2. The minimum Gasteiger partial charge on any atom is -0.494 e. The van der Waals surface area contributed by atoms with Crippen LogP contribution in [0.5, 0.6) is 5.75 Å². The highest BCUT2D eigenvalue weighted by Gasteiger charge is 2.32. The summed E-state index contributed by atoms with van der Waals surface area (Å²) in [6, 6.07) is 19.9. The van der Waals surface area contributed by atoms with Crippen molar-refractivity contribution in [2.24, 2.45) is 0 Å². The Bertz CT molecular complexity index is 1360. The fourth-order valence-electron chi connectivity index (χ4n) is 3.96. The number of thioether (sulfide) groups is 1. The van der Waals surface area contributed by atoms with Crippen molar-refractivity contribution in [1.29, 1.82) is 0 Å². The summed E-state index contributed by atoms with van der Waals surface area (Å²) >= 11 is 1.50. The van der Waals surface area contributed by atoms with Gasteiger partial charge in [-0.15, -0.1) is 11.8 Å². The normalized spacial score (nSPS) is 11.9. The molecule has 0 spiro atoms. The molecule has 2 amide bonds. The first-order valence-electron chi connectivity index (χ1n) is 12.6. The fraction of sp³-hybridized carbons (Fsp3) is 0.310. The van der Waals surface area contributed by atoms with E-state index in [1.165, 1.54) is 35.8 Å². The summed E-state index contributed by atoms with van der Waals surface area (Å²) in [5, 5.41) is 2.58. The number of rotatable bonds is 12. The number of nitrogens with one attached hydrogen (secondary N) is 1. The molecule has 0 fully saturated rings. The third kappa shape index (κ3) is 7.54. The van der Waals surface area contributed by atoms with Gasteiger partial charge in [-0.2, -0.15) is 0 Å². The molecular weight excluding hydrogens is 534 g/mol. The molecule has 0 aromatic heterocycles. The summed E-state index contributed by atoms with van der Waals surface area (Å²) in [4.78, 5) is 28.8. The van der Waals surface area contributed by atoms with Crippen molar-refractivity contribution >= 4 is 39.3 Å². The molecule has 8 nitrogen and oxygen atoms in total. The molecule has 0 aliphatic heterocycles. The molecule has 0 saturated carbocycles. The van der Waals surface area contributed by atoms with Gasteiger partial charge in [-0.05, 0) is 81.1 Å². The van der Waals surface area contributed by atoms with E-state index in [1.807, 2.05) is 44.4 Å². The third-order valence-electron chi connectivity index (χ3n) is 6.25. The lowest BCUT2D eigenvalue weighted by Gasteiger charge is -2.31. The maximum Gasteiger partial charge on any atom is 0.264 e. The van der Waals surface area contributed by atoms with Crippen LogP contribution in [0.15, 0.2) is 82.6 Å². The maximum absolute atomic E-state index is 13.9. The molecule has 3 aromatic rings. The zero-order chi connectivity index (χ0) is 28.6. The molecule has 3 rings (SSSR count). The minimum absolute atomic E-state index is 0.0615. The molecule has 39 heavy (non-hydrogen) atoms. The summed E-state index contributed by atoms with van der Waals surface area (Å²) in [5.41, 5.74) is 2.20. The molecule has 1 atom stereocenters. The van der Waals surface area contributed by atoms with E-state index in [9.17, 15) is 18.0 Å². The summed E-state index contributed by atoms with van der Waals surface area (Å²) in [7, 11) is -2.63. The minimum atomic E-state index is -4.13. The zero-order valence-electron chi connectivity index (χ0n) is 22.9. The predicted molar refractivity (Wildman–Crippen MR) is 156 cm³/mol. The number of nitrogens with zero attached hydrogens (tertiary/aromatic N) is 2. The number of sulfonamides is 1.